The molecule has 1 aliphatic carbocycles. The van der Waals surface area contributed by atoms with Crippen molar-refractivity contribution in [3.63, 3.8) is 0 Å². The van der Waals surface area contributed by atoms with E-state index in [1.54, 1.807) is 6.07 Å². The Hall–Kier alpha value is -1.89. The molecule has 0 spiro atoms. The molecule has 7 heteroatoms. The highest BCUT2D eigenvalue weighted by Crippen LogP contribution is 2.36. The molecule has 5 rings (SSSR count). The average Bonchev–Trinajstić information content (AvgIpc) is 3.51. The number of carbonyl (C=O) groups is 2. The lowest BCUT2D eigenvalue weighted by molar-refractivity contribution is -0.121. The molecule has 1 N–H and O–H groups in total. The molecule has 1 saturated carbocycles. The topological polar surface area (TPSA) is 77.8 Å². The Morgan fingerprint density at radius 1 is 1.00 bits per heavy atom. The Morgan fingerprint density at radius 2 is 1.79 bits per heavy atom. The first kappa shape index (κ1) is 25.2. The van der Waals surface area contributed by atoms with Crippen molar-refractivity contribution in [2.45, 2.75) is 63.8 Å². The molecule has 1 aromatic carbocycles. The van der Waals surface area contributed by atoms with Gasteiger partial charge < -0.3 is 19.2 Å². The van der Waals surface area contributed by atoms with E-state index in [0.717, 1.165) is 50.0 Å². The number of fused-ring (bicyclic) bond motifs is 1. The molecule has 2 aromatic rings. The fourth-order valence-electron chi connectivity index (χ4n) is 5.94. The molecule has 186 valence electrons. The maximum atomic E-state index is 13.2. The van der Waals surface area contributed by atoms with Crippen LogP contribution in [0.3, 0.4) is 0 Å². The number of esters is 1. The van der Waals surface area contributed by atoms with Crippen LogP contribution >= 0.6 is 12.4 Å². The monoisotopic (exact) mass is 489 g/mol. The van der Waals surface area contributed by atoms with Gasteiger partial charge in [-0.1, -0.05) is 38.2 Å². The molecule has 3 fully saturated rings. The van der Waals surface area contributed by atoms with Crippen molar-refractivity contribution >= 4 is 35.1 Å². The first-order valence-electron chi connectivity index (χ1n) is 12.7. The normalized spacial score (nSPS) is 24.1. The molecule has 0 unspecified atom stereocenters. The number of hydrogen-bond donors (Lipinski definition) is 1. The van der Waals surface area contributed by atoms with Crippen LogP contribution in [0, 0.1) is 17.8 Å². The summed E-state index contributed by atoms with van der Waals surface area (Å²) in [4.78, 5) is 25.7. The summed E-state index contributed by atoms with van der Waals surface area (Å²) in [6, 6.07) is 7.47. The van der Waals surface area contributed by atoms with Crippen molar-refractivity contribution in [2.24, 2.45) is 17.8 Å². The second kappa shape index (κ2) is 11.7. The molecule has 2 aliphatic heterocycles. The number of ketones is 1. The molecule has 0 amide bonds. The molecule has 1 aromatic heterocycles. The second-order valence-electron chi connectivity index (χ2n) is 10.1. The molecule has 34 heavy (non-hydrogen) atoms. The number of Topliss-reactive ketones (excluding diaryl/α,β-unsaturated/α-hetero) is 1. The van der Waals surface area contributed by atoms with Gasteiger partial charge in [0.1, 0.15) is 5.58 Å². The van der Waals surface area contributed by atoms with E-state index in [2.05, 4.69) is 5.32 Å². The molecule has 2 atom stereocenters. The predicted molar refractivity (Wildman–Crippen MR) is 132 cm³/mol. The number of nitrogens with one attached hydrogen (secondary N) is 1. The summed E-state index contributed by atoms with van der Waals surface area (Å²) in [5, 5.41) is 4.32. The summed E-state index contributed by atoms with van der Waals surface area (Å²) in [6.07, 6.45) is 9.84. The molecule has 6 nitrogen and oxygen atoms in total. The first-order valence-corrected chi connectivity index (χ1v) is 12.7. The molecule has 3 aliphatic rings. The van der Waals surface area contributed by atoms with Crippen molar-refractivity contribution in [1.82, 2.24) is 5.32 Å². The first-order chi connectivity index (χ1) is 16.2. The highest BCUT2D eigenvalue weighted by atomic mass is 35.5. The Morgan fingerprint density at radius 3 is 2.59 bits per heavy atom. The van der Waals surface area contributed by atoms with Crippen LogP contribution in [-0.4, -0.2) is 44.2 Å². The van der Waals surface area contributed by atoms with Gasteiger partial charge in [-0.15, -0.1) is 12.4 Å². The van der Waals surface area contributed by atoms with Gasteiger partial charge in [0.2, 0.25) is 5.76 Å². The summed E-state index contributed by atoms with van der Waals surface area (Å²) < 4.78 is 16.6. The average molecular weight is 490 g/mol. The Kier molecular flexibility index (Phi) is 8.67. The minimum absolute atomic E-state index is 0. The third-order valence-corrected chi connectivity index (χ3v) is 7.82. The van der Waals surface area contributed by atoms with Crippen LogP contribution in [0.5, 0.6) is 0 Å². The van der Waals surface area contributed by atoms with Crippen molar-refractivity contribution in [1.29, 1.82) is 0 Å². The number of hydrogen-bond acceptors (Lipinski definition) is 6. The van der Waals surface area contributed by atoms with Crippen molar-refractivity contribution in [2.75, 3.05) is 26.4 Å². The van der Waals surface area contributed by atoms with Crippen molar-refractivity contribution in [3.05, 3.63) is 35.6 Å². The molecule has 0 bridgehead atoms. The number of rotatable bonds is 7. The predicted octanol–water partition coefficient (Wildman–Crippen LogP) is 5.11. The summed E-state index contributed by atoms with van der Waals surface area (Å²) in [7, 11) is 0. The summed E-state index contributed by atoms with van der Waals surface area (Å²) in [5.74, 6) is 1.59. The minimum Gasteiger partial charge on any atom is -0.460 e. The third-order valence-electron chi connectivity index (χ3n) is 7.82. The van der Waals surface area contributed by atoms with E-state index >= 15 is 0 Å². The van der Waals surface area contributed by atoms with Crippen LogP contribution in [0.2, 0.25) is 0 Å². The van der Waals surface area contributed by atoms with Crippen LogP contribution in [-0.2, 0) is 20.7 Å². The quantitative estimate of drug-likeness (QED) is 0.544. The van der Waals surface area contributed by atoms with Gasteiger partial charge >= 0.3 is 5.97 Å². The molecule has 3 heterocycles. The van der Waals surface area contributed by atoms with E-state index in [0.29, 0.717) is 36.4 Å². The second-order valence-corrected chi connectivity index (χ2v) is 10.1. The summed E-state index contributed by atoms with van der Waals surface area (Å²) >= 11 is 0. The third kappa shape index (κ3) is 5.84. The molecular formula is C27H36ClNO5. The highest BCUT2D eigenvalue weighted by molar-refractivity contribution is 5.93. The summed E-state index contributed by atoms with van der Waals surface area (Å²) in [6.45, 7) is 2.80. The van der Waals surface area contributed by atoms with Gasteiger partial charge in [-0.3, -0.25) is 4.79 Å². The van der Waals surface area contributed by atoms with Gasteiger partial charge in [0, 0.05) is 25.0 Å². The van der Waals surface area contributed by atoms with Gasteiger partial charge in [0.25, 0.3) is 0 Å². The Bertz CT molecular complexity index is 977. The fraction of sp³-hybridized carbons (Fsp3) is 0.630. The van der Waals surface area contributed by atoms with E-state index < -0.39 is 5.97 Å². The van der Waals surface area contributed by atoms with Crippen LogP contribution in [0.1, 0.15) is 67.5 Å². The summed E-state index contributed by atoms with van der Waals surface area (Å²) in [5.41, 5.74) is 1.61. The molecule has 0 radical (unpaired) electrons. The zero-order valence-electron chi connectivity index (χ0n) is 19.8. The Labute approximate surface area is 207 Å². The van der Waals surface area contributed by atoms with Crippen LogP contribution in [0.4, 0.5) is 0 Å². The zero-order valence-corrected chi connectivity index (χ0v) is 20.6. The van der Waals surface area contributed by atoms with Gasteiger partial charge in [0.05, 0.1) is 12.6 Å². The van der Waals surface area contributed by atoms with Gasteiger partial charge in [-0.25, -0.2) is 4.79 Å². The highest BCUT2D eigenvalue weighted by Gasteiger charge is 2.37. The lowest BCUT2D eigenvalue weighted by atomic mass is 9.75. The van der Waals surface area contributed by atoms with E-state index in [1.165, 1.54) is 32.1 Å². The van der Waals surface area contributed by atoms with Crippen molar-refractivity contribution < 1.29 is 23.5 Å². The van der Waals surface area contributed by atoms with Crippen molar-refractivity contribution in [3.8, 4) is 0 Å². The van der Waals surface area contributed by atoms with E-state index in [-0.39, 0.29) is 30.0 Å². The maximum absolute atomic E-state index is 13.2. The van der Waals surface area contributed by atoms with Gasteiger partial charge in [0.15, 0.2) is 5.78 Å². The van der Waals surface area contributed by atoms with E-state index in [1.807, 2.05) is 18.2 Å². The zero-order chi connectivity index (χ0) is 22.6. The lowest BCUT2D eigenvalue weighted by Gasteiger charge is -2.30. The van der Waals surface area contributed by atoms with E-state index in [4.69, 9.17) is 13.9 Å². The number of ether oxygens (including phenoxy) is 2. The van der Waals surface area contributed by atoms with Crippen LogP contribution < -0.4 is 5.32 Å². The number of benzene rings is 1. The largest absolute Gasteiger partial charge is 0.460 e. The SMILES string of the molecule is Cl.O=C(OCC1CCOCC1)c1cc2cc(CC(=O)[C@H]3NCC[C@H]3C3CCCCC3)ccc2o1. The minimum atomic E-state index is -0.430. The number of furan rings is 1. The standard InChI is InChI=1S/C27H35NO5.ClH/c29-23(26-22(8-11-28-26)20-4-2-1-3-5-20)15-19-6-7-24-21(14-19)16-25(33-24)27(30)32-17-18-9-12-31-13-10-18;/h6-7,14,16,18,20,22,26,28H,1-5,8-13,15,17H2;1H/t22-,26-;/m0./s1. The molecular weight excluding hydrogens is 454 g/mol. The van der Waals surface area contributed by atoms with Gasteiger partial charge in [-0.05, 0) is 67.3 Å². The van der Waals surface area contributed by atoms with Crippen LogP contribution in [0.15, 0.2) is 28.7 Å². The fourth-order valence-corrected chi connectivity index (χ4v) is 5.94. The number of carbonyl (C=O) groups excluding carboxylic acids is 2. The van der Waals surface area contributed by atoms with E-state index in [9.17, 15) is 9.59 Å². The van der Waals surface area contributed by atoms with Crippen LogP contribution in [0.25, 0.3) is 11.0 Å². The lowest BCUT2D eigenvalue weighted by Crippen LogP contribution is -2.40. The van der Waals surface area contributed by atoms with Gasteiger partial charge in [-0.2, -0.15) is 0 Å². The number of halogens is 1. The Balaban J connectivity index is 0.00000274. The smallest absolute Gasteiger partial charge is 0.374 e. The molecule has 2 saturated heterocycles. The maximum Gasteiger partial charge on any atom is 0.374 e.